The number of rotatable bonds is 5. The Balaban J connectivity index is 1.60. The van der Waals surface area contributed by atoms with Gasteiger partial charge in [-0.2, -0.15) is 0 Å². The van der Waals surface area contributed by atoms with Crippen LogP contribution in [-0.4, -0.2) is 19.0 Å². The number of aryl methyl sites for hydroxylation is 1. The highest BCUT2D eigenvalue weighted by atomic mass is 35.5. The number of carbonyl (C=O) groups is 1. The molecule has 1 fully saturated rings. The quantitative estimate of drug-likeness (QED) is 0.875. The first-order valence-electron chi connectivity index (χ1n) is 8.10. The van der Waals surface area contributed by atoms with E-state index in [1.807, 2.05) is 42.5 Å². The van der Waals surface area contributed by atoms with Crippen LogP contribution < -0.4 is 10.2 Å². The van der Waals surface area contributed by atoms with Crippen molar-refractivity contribution >= 4 is 28.9 Å². The largest absolute Gasteiger partial charge is 0.370 e. The number of benzene rings is 2. The van der Waals surface area contributed by atoms with E-state index in [9.17, 15) is 4.79 Å². The normalized spacial score (nSPS) is 14.0. The topological polar surface area (TPSA) is 32.3 Å². The molecule has 1 N–H and O–H groups in total. The molecule has 0 saturated carbocycles. The van der Waals surface area contributed by atoms with E-state index in [0.717, 1.165) is 41.5 Å². The fourth-order valence-electron chi connectivity index (χ4n) is 2.93. The summed E-state index contributed by atoms with van der Waals surface area (Å²) in [5.41, 5.74) is 3.16. The first kappa shape index (κ1) is 15.9. The van der Waals surface area contributed by atoms with E-state index in [0.29, 0.717) is 6.42 Å². The molecule has 4 heteroatoms. The lowest BCUT2D eigenvalue weighted by atomic mass is 10.1. The van der Waals surface area contributed by atoms with Gasteiger partial charge in [0.2, 0.25) is 5.91 Å². The number of nitrogens with zero attached hydrogens (tertiary/aromatic N) is 1. The highest BCUT2D eigenvalue weighted by molar-refractivity contribution is 6.30. The second-order valence-electron chi connectivity index (χ2n) is 5.89. The fourth-order valence-corrected chi connectivity index (χ4v) is 3.06. The van der Waals surface area contributed by atoms with Gasteiger partial charge in [-0.1, -0.05) is 35.9 Å². The Morgan fingerprint density at radius 1 is 1.04 bits per heavy atom. The molecule has 1 amide bonds. The Morgan fingerprint density at radius 3 is 2.48 bits per heavy atom. The van der Waals surface area contributed by atoms with Crippen LogP contribution in [0.2, 0.25) is 5.02 Å². The molecule has 1 saturated heterocycles. The van der Waals surface area contributed by atoms with Crippen LogP contribution in [0.15, 0.2) is 48.5 Å². The van der Waals surface area contributed by atoms with Gasteiger partial charge in [0.15, 0.2) is 0 Å². The predicted octanol–water partition coefficient (Wildman–Crippen LogP) is 4.51. The Morgan fingerprint density at radius 2 is 1.74 bits per heavy atom. The Hall–Kier alpha value is -2.00. The van der Waals surface area contributed by atoms with Crippen LogP contribution in [-0.2, 0) is 11.2 Å². The molecular formula is C19H21ClN2O. The molecule has 2 aromatic rings. The smallest absolute Gasteiger partial charge is 0.224 e. The van der Waals surface area contributed by atoms with Crippen molar-refractivity contribution in [1.82, 2.24) is 0 Å². The SMILES string of the molecule is O=C(CCc1ccc(Cl)cc1)Nc1ccccc1N1CCCC1. The van der Waals surface area contributed by atoms with Crippen LogP contribution in [0.25, 0.3) is 0 Å². The summed E-state index contributed by atoms with van der Waals surface area (Å²) in [5, 5.41) is 3.78. The minimum Gasteiger partial charge on any atom is -0.370 e. The molecule has 0 aromatic heterocycles. The third-order valence-electron chi connectivity index (χ3n) is 4.18. The summed E-state index contributed by atoms with van der Waals surface area (Å²) < 4.78 is 0. The van der Waals surface area contributed by atoms with Crippen LogP contribution in [0.4, 0.5) is 11.4 Å². The van der Waals surface area contributed by atoms with Crippen molar-refractivity contribution in [3.63, 3.8) is 0 Å². The Labute approximate surface area is 142 Å². The second-order valence-corrected chi connectivity index (χ2v) is 6.32. The molecule has 1 aliphatic rings. The zero-order valence-electron chi connectivity index (χ0n) is 13.1. The van der Waals surface area contributed by atoms with Crippen LogP contribution in [0.1, 0.15) is 24.8 Å². The van der Waals surface area contributed by atoms with Crippen molar-refractivity contribution in [1.29, 1.82) is 0 Å². The number of para-hydroxylation sites is 2. The lowest BCUT2D eigenvalue weighted by molar-refractivity contribution is -0.116. The van der Waals surface area contributed by atoms with Gasteiger partial charge in [0.05, 0.1) is 11.4 Å². The molecule has 0 atom stereocenters. The minimum atomic E-state index is 0.0478. The lowest BCUT2D eigenvalue weighted by Crippen LogP contribution is -2.21. The van der Waals surface area contributed by atoms with Crippen LogP contribution in [0.3, 0.4) is 0 Å². The van der Waals surface area contributed by atoms with E-state index in [1.165, 1.54) is 12.8 Å². The number of carbonyl (C=O) groups excluding carboxylic acids is 1. The van der Waals surface area contributed by atoms with E-state index in [2.05, 4.69) is 16.3 Å². The van der Waals surface area contributed by atoms with Gasteiger partial charge in [0.25, 0.3) is 0 Å². The number of halogens is 1. The Bertz CT molecular complexity index is 663. The minimum absolute atomic E-state index is 0.0478. The molecule has 1 heterocycles. The molecule has 0 bridgehead atoms. The highest BCUT2D eigenvalue weighted by Crippen LogP contribution is 2.28. The molecule has 0 aliphatic carbocycles. The fraction of sp³-hybridized carbons (Fsp3) is 0.316. The van der Waals surface area contributed by atoms with E-state index in [1.54, 1.807) is 0 Å². The lowest BCUT2D eigenvalue weighted by Gasteiger charge is -2.21. The third kappa shape index (κ3) is 4.26. The zero-order valence-corrected chi connectivity index (χ0v) is 13.9. The molecule has 0 radical (unpaired) electrons. The van der Waals surface area contributed by atoms with E-state index in [-0.39, 0.29) is 5.91 Å². The average Bonchev–Trinajstić information content (AvgIpc) is 3.09. The van der Waals surface area contributed by atoms with Crippen molar-refractivity contribution < 1.29 is 4.79 Å². The summed E-state index contributed by atoms with van der Waals surface area (Å²) in [6.45, 7) is 2.13. The maximum absolute atomic E-state index is 12.3. The summed E-state index contributed by atoms with van der Waals surface area (Å²) in [4.78, 5) is 14.6. The van der Waals surface area contributed by atoms with Crippen molar-refractivity contribution in [2.75, 3.05) is 23.3 Å². The Kier molecular flexibility index (Phi) is 5.19. The maximum atomic E-state index is 12.3. The monoisotopic (exact) mass is 328 g/mol. The van der Waals surface area contributed by atoms with Crippen LogP contribution >= 0.6 is 11.6 Å². The maximum Gasteiger partial charge on any atom is 0.224 e. The van der Waals surface area contributed by atoms with Crippen molar-refractivity contribution in [2.24, 2.45) is 0 Å². The standard InChI is InChI=1S/C19H21ClN2O/c20-16-10-7-15(8-11-16)9-12-19(23)21-17-5-1-2-6-18(17)22-13-3-4-14-22/h1-2,5-8,10-11H,3-4,9,12-14H2,(H,21,23). The summed E-state index contributed by atoms with van der Waals surface area (Å²) in [5.74, 6) is 0.0478. The van der Waals surface area contributed by atoms with Gasteiger partial charge in [-0.05, 0) is 49.1 Å². The summed E-state index contributed by atoms with van der Waals surface area (Å²) in [6, 6.07) is 15.7. The van der Waals surface area contributed by atoms with E-state index >= 15 is 0 Å². The van der Waals surface area contributed by atoms with Gasteiger partial charge >= 0.3 is 0 Å². The first-order chi connectivity index (χ1) is 11.2. The van der Waals surface area contributed by atoms with Crippen molar-refractivity contribution in [3.8, 4) is 0 Å². The van der Waals surface area contributed by atoms with Gasteiger partial charge in [0, 0.05) is 24.5 Å². The summed E-state index contributed by atoms with van der Waals surface area (Å²) in [6.07, 6.45) is 3.63. The average molecular weight is 329 g/mol. The van der Waals surface area contributed by atoms with Crippen LogP contribution in [0, 0.1) is 0 Å². The second kappa shape index (κ2) is 7.51. The zero-order chi connectivity index (χ0) is 16.1. The number of hydrogen-bond acceptors (Lipinski definition) is 2. The molecule has 23 heavy (non-hydrogen) atoms. The van der Waals surface area contributed by atoms with Gasteiger partial charge in [-0.15, -0.1) is 0 Å². The van der Waals surface area contributed by atoms with Crippen molar-refractivity contribution in [2.45, 2.75) is 25.7 Å². The van der Waals surface area contributed by atoms with E-state index in [4.69, 9.17) is 11.6 Å². The van der Waals surface area contributed by atoms with Crippen molar-refractivity contribution in [3.05, 3.63) is 59.1 Å². The number of anilines is 2. The van der Waals surface area contributed by atoms with Gasteiger partial charge in [-0.3, -0.25) is 4.79 Å². The molecular weight excluding hydrogens is 308 g/mol. The molecule has 120 valence electrons. The molecule has 1 aliphatic heterocycles. The van der Waals surface area contributed by atoms with Gasteiger partial charge < -0.3 is 10.2 Å². The van der Waals surface area contributed by atoms with Gasteiger partial charge in [-0.25, -0.2) is 0 Å². The predicted molar refractivity (Wildman–Crippen MR) is 96.3 cm³/mol. The van der Waals surface area contributed by atoms with Crippen LogP contribution in [0.5, 0.6) is 0 Å². The van der Waals surface area contributed by atoms with E-state index < -0.39 is 0 Å². The highest BCUT2D eigenvalue weighted by Gasteiger charge is 2.16. The number of nitrogens with one attached hydrogen (secondary N) is 1. The molecule has 2 aromatic carbocycles. The first-order valence-corrected chi connectivity index (χ1v) is 8.48. The molecule has 3 nitrogen and oxygen atoms in total. The molecule has 0 unspecified atom stereocenters. The third-order valence-corrected chi connectivity index (χ3v) is 4.43. The van der Waals surface area contributed by atoms with Gasteiger partial charge in [0.1, 0.15) is 0 Å². The number of hydrogen-bond donors (Lipinski definition) is 1. The molecule has 0 spiro atoms. The number of amides is 1. The summed E-state index contributed by atoms with van der Waals surface area (Å²) >= 11 is 5.88. The summed E-state index contributed by atoms with van der Waals surface area (Å²) in [7, 11) is 0. The molecule has 3 rings (SSSR count).